The molecule has 1 aromatic carbocycles. The summed E-state index contributed by atoms with van der Waals surface area (Å²) < 4.78 is 38.2. The van der Waals surface area contributed by atoms with Gasteiger partial charge in [-0.25, -0.2) is 4.98 Å². The summed E-state index contributed by atoms with van der Waals surface area (Å²) in [7, 11) is 0. The van der Waals surface area contributed by atoms with E-state index in [1.807, 2.05) is 6.07 Å². The van der Waals surface area contributed by atoms with E-state index < -0.39 is 11.7 Å². The van der Waals surface area contributed by atoms with Gasteiger partial charge in [-0.05, 0) is 35.9 Å². The Morgan fingerprint density at radius 1 is 1.00 bits per heavy atom. The van der Waals surface area contributed by atoms with Gasteiger partial charge in [-0.1, -0.05) is 12.1 Å². The van der Waals surface area contributed by atoms with Crippen molar-refractivity contribution in [3.05, 3.63) is 72.2 Å². The summed E-state index contributed by atoms with van der Waals surface area (Å²) in [6, 6.07) is 10.4. The van der Waals surface area contributed by atoms with Crippen LogP contribution < -0.4 is 10.6 Å². The smallest absolute Gasteiger partial charge is 0.366 e. The van der Waals surface area contributed by atoms with Crippen LogP contribution in [-0.4, -0.2) is 15.0 Å². The first-order chi connectivity index (χ1) is 12.0. The number of anilines is 3. The van der Waals surface area contributed by atoms with Crippen molar-refractivity contribution in [1.82, 2.24) is 15.0 Å². The average Bonchev–Trinajstić information content (AvgIpc) is 2.61. The number of alkyl halides is 3. The predicted octanol–water partition coefficient (Wildman–Crippen LogP) is 4.25. The molecule has 128 valence electrons. The summed E-state index contributed by atoms with van der Waals surface area (Å²) in [5, 5.41) is 5.99. The van der Waals surface area contributed by atoms with Gasteiger partial charge in [-0.3, -0.25) is 4.98 Å². The van der Waals surface area contributed by atoms with Crippen molar-refractivity contribution in [2.75, 3.05) is 10.6 Å². The second-order valence-corrected chi connectivity index (χ2v) is 5.18. The number of pyridine rings is 1. The van der Waals surface area contributed by atoms with Crippen LogP contribution in [0.25, 0.3) is 0 Å². The number of hydrogen-bond donors (Lipinski definition) is 2. The fourth-order valence-electron chi connectivity index (χ4n) is 2.13. The Morgan fingerprint density at radius 2 is 1.88 bits per heavy atom. The van der Waals surface area contributed by atoms with Gasteiger partial charge in [0.05, 0.1) is 17.4 Å². The molecule has 3 aromatic rings. The third kappa shape index (κ3) is 4.66. The lowest BCUT2D eigenvalue weighted by Crippen LogP contribution is -2.07. The van der Waals surface area contributed by atoms with Gasteiger partial charge in [-0.2, -0.15) is 18.2 Å². The normalized spacial score (nSPS) is 11.2. The Balaban J connectivity index is 1.67. The molecule has 8 heteroatoms. The number of halogens is 3. The van der Waals surface area contributed by atoms with E-state index in [0.717, 1.165) is 17.8 Å². The molecule has 0 amide bonds. The quantitative estimate of drug-likeness (QED) is 0.724. The molecule has 0 radical (unpaired) electrons. The van der Waals surface area contributed by atoms with E-state index >= 15 is 0 Å². The van der Waals surface area contributed by atoms with Crippen LogP contribution in [0.3, 0.4) is 0 Å². The molecule has 0 saturated heterocycles. The van der Waals surface area contributed by atoms with Crippen LogP contribution >= 0.6 is 0 Å². The van der Waals surface area contributed by atoms with E-state index in [9.17, 15) is 13.2 Å². The summed E-state index contributed by atoms with van der Waals surface area (Å²) in [4.78, 5) is 12.3. The molecular weight excluding hydrogens is 331 g/mol. The van der Waals surface area contributed by atoms with E-state index in [2.05, 4.69) is 25.6 Å². The zero-order valence-electron chi connectivity index (χ0n) is 13.0. The highest BCUT2D eigenvalue weighted by Gasteiger charge is 2.30. The van der Waals surface area contributed by atoms with Gasteiger partial charge < -0.3 is 10.6 Å². The fourth-order valence-corrected chi connectivity index (χ4v) is 2.13. The minimum Gasteiger partial charge on any atom is -0.366 e. The first-order valence-electron chi connectivity index (χ1n) is 7.41. The number of hydrogen-bond acceptors (Lipinski definition) is 5. The second kappa shape index (κ2) is 7.16. The summed E-state index contributed by atoms with van der Waals surface area (Å²) in [6.45, 7) is 0.216. The van der Waals surface area contributed by atoms with E-state index in [1.165, 1.54) is 6.07 Å². The maximum Gasteiger partial charge on any atom is 0.416 e. The van der Waals surface area contributed by atoms with Crippen molar-refractivity contribution >= 4 is 17.5 Å². The van der Waals surface area contributed by atoms with Crippen LogP contribution in [0, 0.1) is 0 Å². The topological polar surface area (TPSA) is 62.7 Å². The van der Waals surface area contributed by atoms with Gasteiger partial charge in [0, 0.05) is 18.9 Å². The number of aromatic nitrogens is 3. The van der Waals surface area contributed by atoms with Gasteiger partial charge >= 0.3 is 6.18 Å². The van der Waals surface area contributed by atoms with Gasteiger partial charge in [0.15, 0.2) is 0 Å². The third-order valence-corrected chi connectivity index (χ3v) is 3.30. The second-order valence-electron chi connectivity index (χ2n) is 5.18. The van der Waals surface area contributed by atoms with E-state index in [4.69, 9.17) is 0 Å². The molecular formula is C17H14F3N5. The zero-order valence-corrected chi connectivity index (χ0v) is 13.0. The van der Waals surface area contributed by atoms with Crippen molar-refractivity contribution in [3.8, 4) is 0 Å². The largest absolute Gasteiger partial charge is 0.416 e. The van der Waals surface area contributed by atoms with Gasteiger partial charge in [0.1, 0.15) is 5.82 Å². The Labute approximate surface area is 142 Å². The highest BCUT2D eigenvalue weighted by molar-refractivity contribution is 5.53. The van der Waals surface area contributed by atoms with Crippen molar-refractivity contribution in [2.24, 2.45) is 0 Å². The summed E-state index contributed by atoms with van der Waals surface area (Å²) in [6.07, 6.45) is 0.483. The van der Waals surface area contributed by atoms with E-state index in [-0.39, 0.29) is 6.54 Å². The maximum atomic E-state index is 12.7. The molecule has 0 bridgehead atoms. The zero-order chi connectivity index (χ0) is 17.7. The SMILES string of the molecule is FC(F)(F)c1cccc(CNc2ccnc(Nc3cccnc3)n2)c1. The molecule has 0 atom stereocenters. The standard InChI is InChI=1S/C17H14F3N5/c18-17(19,20)13-4-1-3-12(9-13)10-23-15-6-8-22-16(25-15)24-14-5-2-7-21-11-14/h1-9,11H,10H2,(H2,22,23,24,25). The Kier molecular flexibility index (Phi) is 4.78. The molecule has 0 fully saturated rings. The highest BCUT2D eigenvalue weighted by Crippen LogP contribution is 2.29. The lowest BCUT2D eigenvalue weighted by molar-refractivity contribution is -0.137. The van der Waals surface area contributed by atoms with Gasteiger partial charge in [-0.15, -0.1) is 0 Å². The van der Waals surface area contributed by atoms with Crippen LogP contribution in [0.4, 0.5) is 30.6 Å². The lowest BCUT2D eigenvalue weighted by atomic mass is 10.1. The molecule has 0 unspecified atom stereocenters. The summed E-state index contributed by atoms with van der Waals surface area (Å²) >= 11 is 0. The number of benzene rings is 1. The minimum absolute atomic E-state index is 0.216. The average molecular weight is 345 g/mol. The molecule has 0 spiro atoms. The highest BCUT2D eigenvalue weighted by atomic mass is 19.4. The number of nitrogens with zero attached hydrogens (tertiary/aromatic N) is 3. The van der Waals surface area contributed by atoms with Crippen molar-refractivity contribution in [2.45, 2.75) is 12.7 Å². The lowest BCUT2D eigenvalue weighted by Gasteiger charge is -2.10. The maximum absolute atomic E-state index is 12.7. The first kappa shape index (κ1) is 16.7. The Morgan fingerprint density at radius 3 is 2.64 bits per heavy atom. The Bertz CT molecular complexity index is 837. The van der Waals surface area contributed by atoms with Crippen LogP contribution in [0.15, 0.2) is 61.1 Å². The number of nitrogens with one attached hydrogen (secondary N) is 2. The molecule has 0 aliphatic rings. The fraction of sp³-hybridized carbons (Fsp3) is 0.118. The summed E-state index contributed by atoms with van der Waals surface area (Å²) in [5.41, 5.74) is 0.571. The minimum atomic E-state index is -4.36. The third-order valence-electron chi connectivity index (χ3n) is 3.30. The predicted molar refractivity (Wildman–Crippen MR) is 88.3 cm³/mol. The molecule has 0 aliphatic heterocycles. The van der Waals surface area contributed by atoms with Crippen molar-refractivity contribution in [1.29, 1.82) is 0 Å². The van der Waals surface area contributed by atoms with Crippen LogP contribution in [0.5, 0.6) is 0 Å². The molecule has 2 aromatic heterocycles. The van der Waals surface area contributed by atoms with Gasteiger partial charge in [0.2, 0.25) is 5.95 Å². The van der Waals surface area contributed by atoms with E-state index in [1.54, 1.807) is 36.8 Å². The molecule has 3 rings (SSSR count). The van der Waals surface area contributed by atoms with Crippen LogP contribution in [0.2, 0.25) is 0 Å². The monoisotopic (exact) mass is 345 g/mol. The number of rotatable bonds is 5. The van der Waals surface area contributed by atoms with Crippen LogP contribution in [-0.2, 0) is 12.7 Å². The van der Waals surface area contributed by atoms with Crippen molar-refractivity contribution in [3.63, 3.8) is 0 Å². The Hall–Kier alpha value is -3.16. The van der Waals surface area contributed by atoms with Gasteiger partial charge in [0.25, 0.3) is 0 Å². The molecule has 25 heavy (non-hydrogen) atoms. The van der Waals surface area contributed by atoms with Crippen LogP contribution in [0.1, 0.15) is 11.1 Å². The molecule has 5 nitrogen and oxygen atoms in total. The summed E-state index contributed by atoms with van der Waals surface area (Å²) in [5.74, 6) is 0.862. The van der Waals surface area contributed by atoms with E-state index in [0.29, 0.717) is 17.3 Å². The first-order valence-corrected chi connectivity index (χ1v) is 7.41. The molecule has 2 N–H and O–H groups in total. The molecule has 2 heterocycles. The molecule has 0 aliphatic carbocycles. The van der Waals surface area contributed by atoms with Crippen molar-refractivity contribution < 1.29 is 13.2 Å². The molecule has 0 saturated carbocycles.